The third kappa shape index (κ3) is 3.81. The molecule has 0 aromatic heterocycles. The minimum Gasteiger partial charge on any atom is -0.506 e. The van der Waals surface area contributed by atoms with Gasteiger partial charge in [-0.1, -0.05) is 24.3 Å². The first-order chi connectivity index (χ1) is 11.1. The van der Waals surface area contributed by atoms with Crippen LogP contribution in [0.3, 0.4) is 0 Å². The summed E-state index contributed by atoms with van der Waals surface area (Å²) in [6.45, 7) is 2.53. The van der Waals surface area contributed by atoms with E-state index in [1.165, 1.54) is 0 Å². The molecular weight excluding hydrogens is 292 g/mol. The number of para-hydroxylation sites is 1. The van der Waals surface area contributed by atoms with E-state index in [0.717, 1.165) is 11.3 Å². The number of carbonyl (C=O) groups excluding carboxylic acids is 1. The van der Waals surface area contributed by atoms with Gasteiger partial charge in [-0.15, -0.1) is 0 Å². The van der Waals surface area contributed by atoms with E-state index >= 15 is 0 Å². The van der Waals surface area contributed by atoms with Crippen LogP contribution in [0.25, 0.3) is 0 Å². The number of aryl methyl sites for hydroxylation is 1. The number of phenolic OH excluding ortho intramolecular Hbond substituents is 1. The first kappa shape index (κ1) is 15.4. The summed E-state index contributed by atoms with van der Waals surface area (Å²) in [6, 6.07) is 14.4. The van der Waals surface area contributed by atoms with Crippen LogP contribution in [0.15, 0.2) is 48.5 Å². The van der Waals surface area contributed by atoms with Crippen LogP contribution in [-0.4, -0.2) is 29.7 Å². The van der Waals surface area contributed by atoms with Gasteiger partial charge in [-0.05, 0) is 36.8 Å². The van der Waals surface area contributed by atoms with Gasteiger partial charge >= 0.3 is 0 Å². The fourth-order valence-electron chi connectivity index (χ4n) is 2.65. The predicted molar refractivity (Wildman–Crippen MR) is 88.7 cm³/mol. The van der Waals surface area contributed by atoms with Crippen LogP contribution in [0.5, 0.6) is 11.5 Å². The number of amides is 1. The molecule has 5 nitrogen and oxygen atoms in total. The van der Waals surface area contributed by atoms with E-state index in [9.17, 15) is 9.90 Å². The zero-order valence-electron chi connectivity index (χ0n) is 13.0. The quantitative estimate of drug-likeness (QED) is 0.759. The number of rotatable bonds is 4. The molecule has 120 valence electrons. The summed E-state index contributed by atoms with van der Waals surface area (Å²) in [6.07, 6.45) is 0.548. The van der Waals surface area contributed by atoms with Gasteiger partial charge in [0.05, 0.1) is 11.7 Å². The van der Waals surface area contributed by atoms with Crippen LogP contribution >= 0.6 is 0 Å². The van der Waals surface area contributed by atoms with Crippen LogP contribution in [0, 0.1) is 6.92 Å². The first-order valence-electron chi connectivity index (χ1n) is 7.67. The topological polar surface area (TPSA) is 70.6 Å². The number of ether oxygens (including phenoxy) is 1. The number of aromatic hydroxyl groups is 1. The number of anilines is 1. The van der Waals surface area contributed by atoms with Crippen molar-refractivity contribution in [1.29, 1.82) is 0 Å². The van der Waals surface area contributed by atoms with Crippen molar-refractivity contribution in [2.75, 3.05) is 11.9 Å². The zero-order chi connectivity index (χ0) is 16.2. The molecule has 2 aromatic rings. The zero-order valence-corrected chi connectivity index (χ0v) is 13.0. The van der Waals surface area contributed by atoms with E-state index in [4.69, 9.17) is 4.74 Å². The summed E-state index contributed by atoms with van der Waals surface area (Å²) in [5.74, 6) is 0.709. The molecule has 3 N–H and O–H groups in total. The molecule has 1 saturated heterocycles. The van der Waals surface area contributed by atoms with E-state index in [1.807, 2.05) is 37.3 Å². The molecule has 0 spiro atoms. The number of hydrogen-bond donors (Lipinski definition) is 3. The smallest absolute Gasteiger partial charge is 0.241 e. The lowest BCUT2D eigenvalue weighted by Gasteiger charge is -2.14. The highest BCUT2D eigenvalue weighted by Gasteiger charge is 2.31. The molecule has 2 atom stereocenters. The van der Waals surface area contributed by atoms with E-state index in [1.54, 1.807) is 18.2 Å². The Kier molecular flexibility index (Phi) is 4.48. The molecule has 1 aliphatic heterocycles. The van der Waals surface area contributed by atoms with Gasteiger partial charge in [-0.3, -0.25) is 4.79 Å². The van der Waals surface area contributed by atoms with Crippen LogP contribution in [0.2, 0.25) is 0 Å². The molecule has 23 heavy (non-hydrogen) atoms. The van der Waals surface area contributed by atoms with Gasteiger partial charge in [0.2, 0.25) is 5.91 Å². The average molecular weight is 312 g/mol. The van der Waals surface area contributed by atoms with Crippen molar-refractivity contribution >= 4 is 11.6 Å². The van der Waals surface area contributed by atoms with Crippen molar-refractivity contribution < 1.29 is 14.6 Å². The largest absolute Gasteiger partial charge is 0.506 e. The highest BCUT2D eigenvalue weighted by atomic mass is 16.5. The molecule has 0 saturated carbocycles. The minimum absolute atomic E-state index is 0.0424. The van der Waals surface area contributed by atoms with E-state index < -0.39 is 0 Å². The summed E-state index contributed by atoms with van der Waals surface area (Å²) < 4.78 is 5.86. The lowest BCUT2D eigenvalue weighted by atomic mass is 10.1. The third-order valence-electron chi connectivity index (χ3n) is 3.86. The maximum atomic E-state index is 12.3. The molecule has 0 radical (unpaired) electrons. The molecule has 5 heteroatoms. The summed E-state index contributed by atoms with van der Waals surface area (Å²) >= 11 is 0. The van der Waals surface area contributed by atoms with Crippen molar-refractivity contribution in [3.8, 4) is 11.5 Å². The van der Waals surface area contributed by atoms with Crippen LogP contribution in [0.4, 0.5) is 5.69 Å². The number of nitrogens with one attached hydrogen (secondary N) is 2. The van der Waals surface area contributed by atoms with Crippen molar-refractivity contribution in [3.63, 3.8) is 0 Å². The minimum atomic E-state index is -0.330. The molecule has 1 aliphatic rings. The van der Waals surface area contributed by atoms with Gasteiger partial charge in [-0.2, -0.15) is 0 Å². The predicted octanol–water partition coefficient (Wildman–Crippen LogP) is 2.45. The molecule has 0 unspecified atom stereocenters. The summed E-state index contributed by atoms with van der Waals surface area (Å²) in [7, 11) is 0. The van der Waals surface area contributed by atoms with Crippen LogP contribution in [0.1, 0.15) is 12.0 Å². The second kappa shape index (κ2) is 6.71. The third-order valence-corrected chi connectivity index (χ3v) is 3.86. The van der Waals surface area contributed by atoms with Crippen molar-refractivity contribution in [3.05, 3.63) is 54.1 Å². The molecule has 0 bridgehead atoms. The highest BCUT2D eigenvalue weighted by molar-refractivity contribution is 5.96. The summed E-state index contributed by atoms with van der Waals surface area (Å²) in [5.41, 5.74) is 1.41. The Balaban J connectivity index is 1.58. The number of carbonyl (C=O) groups is 1. The van der Waals surface area contributed by atoms with Gasteiger partial charge in [0, 0.05) is 13.0 Å². The van der Waals surface area contributed by atoms with Gasteiger partial charge in [0.25, 0.3) is 0 Å². The van der Waals surface area contributed by atoms with E-state index in [2.05, 4.69) is 10.6 Å². The molecule has 1 amide bonds. The second-order valence-electron chi connectivity index (χ2n) is 5.76. The molecule has 1 heterocycles. The first-order valence-corrected chi connectivity index (χ1v) is 7.67. The standard InChI is InChI=1S/C18H20N2O3/c1-12-7-8-17(21)15(9-12)20-18(22)16-10-14(11-19-16)23-13-5-3-2-4-6-13/h2-9,14,16,19,21H,10-11H2,1H3,(H,20,22)/t14-,16-/m0/s1. The Morgan fingerprint density at radius 3 is 2.83 bits per heavy atom. The van der Waals surface area contributed by atoms with Crippen LogP contribution in [-0.2, 0) is 4.79 Å². The van der Waals surface area contributed by atoms with E-state index in [-0.39, 0.29) is 23.8 Å². The normalized spacial score (nSPS) is 20.2. The molecule has 3 rings (SSSR count). The number of hydrogen-bond acceptors (Lipinski definition) is 4. The number of phenols is 1. The summed E-state index contributed by atoms with van der Waals surface area (Å²) in [4.78, 5) is 12.3. The fourth-order valence-corrected chi connectivity index (χ4v) is 2.65. The SMILES string of the molecule is Cc1ccc(O)c(NC(=O)[C@@H]2C[C@H](Oc3ccccc3)CN2)c1. The van der Waals surface area contributed by atoms with Gasteiger partial charge < -0.3 is 20.5 Å². The maximum absolute atomic E-state index is 12.3. The Labute approximate surface area is 135 Å². The van der Waals surface area contributed by atoms with Gasteiger partial charge in [0.1, 0.15) is 17.6 Å². The lowest BCUT2D eigenvalue weighted by molar-refractivity contribution is -0.117. The Morgan fingerprint density at radius 1 is 1.26 bits per heavy atom. The van der Waals surface area contributed by atoms with Crippen molar-refractivity contribution in [2.45, 2.75) is 25.5 Å². The molecule has 2 aromatic carbocycles. The summed E-state index contributed by atoms with van der Waals surface area (Å²) in [5, 5.41) is 15.7. The monoisotopic (exact) mass is 312 g/mol. The Morgan fingerprint density at radius 2 is 2.04 bits per heavy atom. The second-order valence-corrected chi connectivity index (χ2v) is 5.76. The lowest BCUT2D eigenvalue weighted by Crippen LogP contribution is -2.35. The maximum Gasteiger partial charge on any atom is 0.241 e. The molecule has 0 aliphatic carbocycles. The van der Waals surface area contributed by atoms with Crippen molar-refractivity contribution in [1.82, 2.24) is 5.32 Å². The fraction of sp³-hybridized carbons (Fsp3) is 0.278. The molecule has 1 fully saturated rings. The molecular formula is C18H20N2O3. The highest BCUT2D eigenvalue weighted by Crippen LogP contribution is 2.25. The van der Waals surface area contributed by atoms with Crippen LogP contribution < -0.4 is 15.4 Å². The van der Waals surface area contributed by atoms with Gasteiger partial charge in [0.15, 0.2) is 0 Å². The van der Waals surface area contributed by atoms with Crippen molar-refractivity contribution in [2.24, 2.45) is 0 Å². The Bertz CT molecular complexity index is 688. The number of benzene rings is 2. The Hall–Kier alpha value is -2.53. The van der Waals surface area contributed by atoms with Gasteiger partial charge in [-0.25, -0.2) is 0 Å². The van der Waals surface area contributed by atoms with E-state index in [0.29, 0.717) is 18.7 Å². The average Bonchev–Trinajstić information content (AvgIpc) is 3.00.